The summed E-state index contributed by atoms with van der Waals surface area (Å²) in [4.78, 5) is 14.5. The van der Waals surface area contributed by atoms with Crippen LogP contribution in [0.1, 0.15) is 44.7 Å². The van der Waals surface area contributed by atoms with Crippen LogP contribution in [0.25, 0.3) is 0 Å². The van der Waals surface area contributed by atoms with Crippen molar-refractivity contribution in [2.24, 2.45) is 5.41 Å². The molecule has 1 saturated heterocycles. The third-order valence-corrected chi connectivity index (χ3v) is 6.05. The number of benzene rings is 1. The van der Waals surface area contributed by atoms with Crippen molar-refractivity contribution < 1.29 is 13.2 Å². The first-order valence-corrected chi connectivity index (χ1v) is 9.88. The van der Waals surface area contributed by atoms with Crippen LogP contribution < -0.4 is 4.72 Å². The van der Waals surface area contributed by atoms with Gasteiger partial charge in [-0.1, -0.05) is 38.5 Å². The van der Waals surface area contributed by atoms with Gasteiger partial charge in [0.1, 0.15) is 0 Å². The number of nitrogens with one attached hydrogen (secondary N) is 1. The Kier molecular flexibility index (Phi) is 5.40. The van der Waals surface area contributed by atoms with Gasteiger partial charge in [0.2, 0.25) is 15.9 Å². The first-order chi connectivity index (χ1) is 11.0. The summed E-state index contributed by atoms with van der Waals surface area (Å²) in [5.74, 6) is 0.123. The zero-order chi connectivity index (χ0) is 18.1. The highest BCUT2D eigenvalue weighted by Crippen LogP contribution is 2.22. The van der Waals surface area contributed by atoms with E-state index in [4.69, 9.17) is 0 Å². The summed E-state index contributed by atoms with van der Waals surface area (Å²) in [6.07, 6.45) is 1.29. The van der Waals surface area contributed by atoms with Crippen LogP contribution in [0.4, 0.5) is 0 Å². The largest absolute Gasteiger partial charge is 0.342 e. The van der Waals surface area contributed by atoms with Gasteiger partial charge in [-0.2, -0.15) is 0 Å². The number of carbonyl (C=O) groups excluding carboxylic acids is 1. The minimum absolute atomic E-state index is 0.123. The maximum atomic E-state index is 12.6. The summed E-state index contributed by atoms with van der Waals surface area (Å²) in [6.45, 7) is 10.7. The zero-order valence-electron chi connectivity index (χ0n) is 15.2. The van der Waals surface area contributed by atoms with Crippen LogP contribution in [0.3, 0.4) is 0 Å². The average Bonchev–Trinajstić information content (AvgIpc) is 2.45. The number of hydrogen-bond acceptors (Lipinski definition) is 3. The molecule has 1 N–H and O–H groups in total. The predicted octanol–water partition coefficient (Wildman–Crippen LogP) is 2.62. The molecule has 1 amide bonds. The molecule has 0 unspecified atom stereocenters. The Bertz CT molecular complexity index is 712. The van der Waals surface area contributed by atoms with Gasteiger partial charge in [-0.3, -0.25) is 4.79 Å². The predicted molar refractivity (Wildman–Crippen MR) is 95.3 cm³/mol. The van der Waals surface area contributed by atoms with E-state index in [1.165, 1.54) is 0 Å². The van der Waals surface area contributed by atoms with Gasteiger partial charge in [-0.15, -0.1) is 0 Å². The van der Waals surface area contributed by atoms with E-state index in [1.54, 1.807) is 6.07 Å². The summed E-state index contributed by atoms with van der Waals surface area (Å²) >= 11 is 0. The van der Waals surface area contributed by atoms with E-state index in [1.807, 2.05) is 51.7 Å². The fraction of sp³-hybridized carbons (Fsp3) is 0.611. The molecule has 0 radical (unpaired) electrons. The Morgan fingerprint density at radius 3 is 2.25 bits per heavy atom. The smallest absolute Gasteiger partial charge is 0.241 e. The van der Waals surface area contributed by atoms with E-state index in [-0.39, 0.29) is 11.9 Å². The quantitative estimate of drug-likeness (QED) is 0.909. The van der Waals surface area contributed by atoms with Crippen molar-refractivity contribution in [3.8, 4) is 0 Å². The number of likely N-dealkylation sites (tertiary alicyclic amines) is 1. The Labute approximate surface area is 145 Å². The van der Waals surface area contributed by atoms with Gasteiger partial charge >= 0.3 is 0 Å². The van der Waals surface area contributed by atoms with Crippen LogP contribution in [0.2, 0.25) is 0 Å². The summed E-state index contributed by atoms with van der Waals surface area (Å²) in [5.41, 5.74) is 1.40. The second kappa shape index (κ2) is 6.84. The number of carbonyl (C=O) groups is 1. The van der Waals surface area contributed by atoms with Gasteiger partial charge in [0, 0.05) is 24.5 Å². The van der Waals surface area contributed by atoms with Crippen molar-refractivity contribution >= 4 is 15.9 Å². The third-order valence-electron chi connectivity index (χ3n) is 4.37. The van der Waals surface area contributed by atoms with Gasteiger partial charge < -0.3 is 4.90 Å². The summed E-state index contributed by atoms with van der Waals surface area (Å²) in [7, 11) is -3.53. The standard InChI is InChI=1S/C18H28N2O3S/c1-13-6-7-16(14(2)12-13)24(22,23)19-15-8-10-20(11-9-15)17(21)18(3,4)5/h6-7,12,15,19H,8-11H2,1-5H3. The van der Waals surface area contributed by atoms with Crippen LogP contribution in [-0.2, 0) is 14.8 Å². The molecule has 1 aromatic carbocycles. The van der Waals surface area contributed by atoms with Crippen molar-refractivity contribution in [2.45, 2.75) is 58.4 Å². The second-order valence-corrected chi connectivity index (χ2v) is 9.39. The molecule has 134 valence electrons. The van der Waals surface area contributed by atoms with E-state index in [0.29, 0.717) is 30.8 Å². The molecule has 6 heteroatoms. The van der Waals surface area contributed by atoms with E-state index in [0.717, 1.165) is 11.1 Å². The van der Waals surface area contributed by atoms with E-state index in [2.05, 4.69) is 4.72 Å². The lowest BCUT2D eigenvalue weighted by atomic mass is 9.93. The minimum atomic E-state index is -3.53. The average molecular weight is 353 g/mol. The minimum Gasteiger partial charge on any atom is -0.342 e. The molecular weight excluding hydrogens is 324 g/mol. The van der Waals surface area contributed by atoms with Crippen molar-refractivity contribution in [3.63, 3.8) is 0 Å². The number of piperidine rings is 1. The lowest BCUT2D eigenvalue weighted by Crippen LogP contribution is -2.49. The van der Waals surface area contributed by atoms with Crippen LogP contribution in [0.15, 0.2) is 23.1 Å². The SMILES string of the molecule is Cc1ccc(S(=O)(=O)NC2CCN(C(=O)C(C)(C)C)CC2)c(C)c1. The molecule has 1 aliphatic rings. The molecule has 1 heterocycles. The molecule has 0 saturated carbocycles. The van der Waals surface area contributed by atoms with Crippen molar-refractivity contribution in [2.75, 3.05) is 13.1 Å². The van der Waals surface area contributed by atoms with Crippen molar-refractivity contribution in [3.05, 3.63) is 29.3 Å². The lowest BCUT2D eigenvalue weighted by Gasteiger charge is -2.35. The Hall–Kier alpha value is -1.40. The normalized spacial score (nSPS) is 17.1. The van der Waals surface area contributed by atoms with Crippen LogP contribution in [0.5, 0.6) is 0 Å². The molecule has 0 atom stereocenters. The van der Waals surface area contributed by atoms with E-state index < -0.39 is 15.4 Å². The number of sulfonamides is 1. The van der Waals surface area contributed by atoms with Crippen molar-refractivity contribution in [1.29, 1.82) is 0 Å². The number of rotatable bonds is 3. The maximum Gasteiger partial charge on any atom is 0.241 e. The number of aryl methyl sites for hydroxylation is 2. The van der Waals surface area contributed by atoms with Gasteiger partial charge in [-0.25, -0.2) is 13.1 Å². The molecule has 0 spiro atoms. The zero-order valence-corrected chi connectivity index (χ0v) is 16.0. The van der Waals surface area contributed by atoms with Crippen LogP contribution in [0, 0.1) is 19.3 Å². The first kappa shape index (κ1) is 18.9. The monoisotopic (exact) mass is 352 g/mol. The van der Waals surface area contributed by atoms with Gasteiger partial charge in [0.15, 0.2) is 0 Å². The van der Waals surface area contributed by atoms with Crippen LogP contribution >= 0.6 is 0 Å². The fourth-order valence-electron chi connectivity index (χ4n) is 3.06. The van der Waals surface area contributed by atoms with E-state index >= 15 is 0 Å². The summed E-state index contributed by atoms with van der Waals surface area (Å²) < 4.78 is 28.0. The van der Waals surface area contributed by atoms with Gasteiger partial charge in [0.25, 0.3) is 0 Å². The van der Waals surface area contributed by atoms with Gasteiger partial charge in [0.05, 0.1) is 4.90 Å². The van der Waals surface area contributed by atoms with Crippen LogP contribution in [-0.4, -0.2) is 38.4 Å². The third kappa shape index (κ3) is 4.36. The number of hydrogen-bond donors (Lipinski definition) is 1. The van der Waals surface area contributed by atoms with Gasteiger partial charge in [-0.05, 0) is 38.3 Å². The molecule has 1 aliphatic heterocycles. The molecule has 1 fully saturated rings. The molecule has 2 rings (SSSR count). The molecule has 0 aliphatic carbocycles. The summed E-state index contributed by atoms with van der Waals surface area (Å²) in [6, 6.07) is 5.22. The second-order valence-electron chi connectivity index (χ2n) is 7.71. The fourth-order valence-corrected chi connectivity index (χ4v) is 4.59. The number of amides is 1. The molecule has 0 bridgehead atoms. The molecular formula is C18H28N2O3S. The molecule has 24 heavy (non-hydrogen) atoms. The Morgan fingerprint density at radius 1 is 1.17 bits per heavy atom. The molecule has 0 aromatic heterocycles. The number of nitrogens with zero attached hydrogens (tertiary/aromatic N) is 1. The first-order valence-electron chi connectivity index (χ1n) is 8.39. The maximum absolute atomic E-state index is 12.6. The van der Waals surface area contributed by atoms with Crippen molar-refractivity contribution in [1.82, 2.24) is 9.62 Å². The highest BCUT2D eigenvalue weighted by molar-refractivity contribution is 7.89. The summed E-state index contributed by atoms with van der Waals surface area (Å²) in [5, 5.41) is 0. The topological polar surface area (TPSA) is 66.5 Å². The Balaban J connectivity index is 2.02. The Morgan fingerprint density at radius 2 is 1.75 bits per heavy atom. The highest BCUT2D eigenvalue weighted by atomic mass is 32.2. The van der Waals surface area contributed by atoms with E-state index in [9.17, 15) is 13.2 Å². The highest BCUT2D eigenvalue weighted by Gasteiger charge is 2.31. The molecule has 5 nitrogen and oxygen atoms in total. The molecule has 1 aromatic rings. The lowest BCUT2D eigenvalue weighted by molar-refractivity contribution is -0.140.